The number of benzene rings is 1. The van der Waals surface area contributed by atoms with Gasteiger partial charge in [0.05, 0.1) is 22.6 Å². The van der Waals surface area contributed by atoms with E-state index in [1.165, 1.54) is 28.4 Å². The molecule has 234 valence electrons. The number of alkyl carbamates (subject to hydrolysis) is 1. The molecule has 2 atom stereocenters. The number of hydrogen-bond acceptors (Lipinski definition) is 9. The highest BCUT2D eigenvalue weighted by atomic mass is 35.5. The zero-order chi connectivity index (χ0) is 32.0. The molecule has 1 aliphatic heterocycles. The third-order valence-electron chi connectivity index (χ3n) is 8.06. The normalized spacial score (nSPS) is 19.7. The predicted molar refractivity (Wildman–Crippen MR) is 167 cm³/mol. The SMILES string of the molecule is CC(C)(C)C[C@]1(c2ccc(-c3cn[nH]c3)cc2)N=C(N)N([C@H](COC(=O)NC2(C)CC2)c2cc(-n3cncn3)c(Cl)cn2)C1=O. The fourth-order valence-electron chi connectivity index (χ4n) is 5.60. The summed E-state index contributed by atoms with van der Waals surface area (Å²) in [6.07, 6.45) is 9.37. The Morgan fingerprint density at radius 2 is 1.96 bits per heavy atom. The Labute approximate surface area is 265 Å². The van der Waals surface area contributed by atoms with E-state index >= 15 is 0 Å². The Morgan fingerprint density at radius 1 is 1.20 bits per heavy atom. The molecule has 4 N–H and O–H groups in total. The number of nitrogens with zero attached hydrogens (tertiary/aromatic N) is 7. The van der Waals surface area contributed by atoms with Crippen molar-refractivity contribution in [2.75, 3.05) is 6.61 Å². The highest BCUT2D eigenvalue weighted by Gasteiger charge is 2.53. The minimum Gasteiger partial charge on any atom is -0.447 e. The summed E-state index contributed by atoms with van der Waals surface area (Å²) in [5.41, 5.74) is 8.09. The maximum absolute atomic E-state index is 14.8. The Bertz CT molecular complexity index is 1730. The molecule has 2 aliphatic rings. The summed E-state index contributed by atoms with van der Waals surface area (Å²) in [7, 11) is 0. The summed E-state index contributed by atoms with van der Waals surface area (Å²) < 4.78 is 7.19. The van der Waals surface area contributed by atoms with E-state index in [2.05, 4.69) is 30.6 Å². The van der Waals surface area contributed by atoms with Crippen LogP contribution in [0.2, 0.25) is 5.02 Å². The van der Waals surface area contributed by atoms with Crippen LogP contribution in [0, 0.1) is 5.41 Å². The summed E-state index contributed by atoms with van der Waals surface area (Å²) >= 11 is 6.48. The van der Waals surface area contributed by atoms with Crippen LogP contribution in [-0.4, -0.2) is 65.0 Å². The highest BCUT2D eigenvalue weighted by molar-refractivity contribution is 6.32. The van der Waals surface area contributed by atoms with Crippen molar-refractivity contribution in [3.63, 3.8) is 0 Å². The fraction of sp³-hybridized carbons (Fsp3) is 0.387. The number of pyridine rings is 1. The predicted octanol–water partition coefficient (Wildman–Crippen LogP) is 4.51. The molecule has 6 rings (SSSR count). The van der Waals surface area contributed by atoms with E-state index in [4.69, 9.17) is 27.1 Å². The van der Waals surface area contributed by atoms with Gasteiger partial charge in [0.15, 0.2) is 11.5 Å². The molecular formula is C31H35ClN10O3. The third-order valence-corrected chi connectivity index (χ3v) is 8.35. The number of aliphatic imine (C=N–C) groups is 1. The van der Waals surface area contributed by atoms with Crippen LogP contribution in [0.3, 0.4) is 0 Å². The zero-order valence-electron chi connectivity index (χ0n) is 25.5. The first-order chi connectivity index (χ1) is 21.4. The first-order valence-electron chi connectivity index (χ1n) is 14.6. The maximum Gasteiger partial charge on any atom is 0.407 e. The summed E-state index contributed by atoms with van der Waals surface area (Å²) in [4.78, 5) is 42.4. The molecule has 45 heavy (non-hydrogen) atoms. The van der Waals surface area contributed by atoms with Gasteiger partial charge in [-0.05, 0) is 48.8 Å². The highest BCUT2D eigenvalue weighted by Crippen LogP contribution is 2.45. The van der Waals surface area contributed by atoms with Crippen LogP contribution in [0.4, 0.5) is 4.79 Å². The summed E-state index contributed by atoms with van der Waals surface area (Å²) in [6, 6.07) is 8.40. The van der Waals surface area contributed by atoms with Crippen molar-refractivity contribution < 1.29 is 14.3 Å². The van der Waals surface area contributed by atoms with Crippen LogP contribution in [0.5, 0.6) is 0 Å². The van der Waals surface area contributed by atoms with Crippen molar-refractivity contribution in [1.82, 2.24) is 40.2 Å². The summed E-state index contributed by atoms with van der Waals surface area (Å²) in [5, 5.41) is 14.2. The van der Waals surface area contributed by atoms with Gasteiger partial charge in [-0.1, -0.05) is 56.6 Å². The molecule has 0 radical (unpaired) electrons. The molecule has 14 heteroatoms. The van der Waals surface area contributed by atoms with Crippen LogP contribution in [0.15, 0.2) is 66.6 Å². The van der Waals surface area contributed by atoms with E-state index in [9.17, 15) is 9.59 Å². The molecule has 0 saturated heterocycles. The monoisotopic (exact) mass is 630 g/mol. The molecule has 1 aliphatic carbocycles. The maximum atomic E-state index is 14.8. The van der Waals surface area contributed by atoms with Gasteiger partial charge in [0, 0.05) is 23.5 Å². The molecule has 1 saturated carbocycles. The number of hydrogen-bond donors (Lipinski definition) is 3. The molecule has 0 unspecified atom stereocenters. The zero-order valence-corrected chi connectivity index (χ0v) is 26.2. The number of H-pyrrole nitrogens is 1. The number of nitrogens with two attached hydrogens (primary N) is 1. The lowest BCUT2D eigenvalue weighted by Gasteiger charge is -2.34. The topological polar surface area (TPSA) is 169 Å². The van der Waals surface area contributed by atoms with Crippen LogP contribution < -0.4 is 11.1 Å². The first kappa shape index (κ1) is 30.3. The first-order valence-corrected chi connectivity index (χ1v) is 15.0. The van der Waals surface area contributed by atoms with Crippen LogP contribution in [0.25, 0.3) is 16.8 Å². The summed E-state index contributed by atoms with van der Waals surface area (Å²) in [6.45, 7) is 7.85. The Hall–Kier alpha value is -4.78. The second-order valence-corrected chi connectivity index (χ2v) is 13.4. The van der Waals surface area contributed by atoms with Crippen LogP contribution in [-0.2, 0) is 15.1 Å². The van der Waals surface area contributed by atoms with Gasteiger partial charge in [0.2, 0.25) is 0 Å². The van der Waals surface area contributed by atoms with Crippen molar-refractivity contribution in [3.8, 4) is 16.8 Å². The standard InChI is InChI=1S/C31H35ClN10O3/c1-29(2,3)16-31(21-7-5-19(6-8-21)20-12-36-37-13-20)26(43)42(27(33)39-31)25(15-45-28(44)40-30(4)9-10-30)23-11-24(22(32)14-35-23)41-18-34-17-38-41/h5-8,11-14,17-18,25H,9-10,15-16H2,1-4H3,(H2,33,39)(H,36,37)(H,40,44)/t25-,31-/m1/s1. The second-order valence-electron chi connectivity index (χ2n) is 13.0. The smallest absolute Gasteiger partial charge is 0.407 e. The number of nitrogens with one attached hydrogen (secondary N) is 2. The average Bonchev–Trinajstić information content (AvgIpc) is 3.42. The van der Waals surface area contributed by atoms with Gasteiger partial charge in [0.1, 0.15) is 25.3 Å². The largest absolute Gasteiger partial charge is 0.447 e. The van der Waals surface area contributed by atoms with E-state index in [1.54, 1.807) is 18.5 Å². The van der Waals surface area contributed by atoms with E-state index in [0.717, 1.165) is 24.0 Å². The van der Waals surface area contributed by atoms with Gasteiger partial charge in [-0.15, -0.1) is 0 Å². The van der Waals surface area contributed by atoms with Crippen molar-refractivity contribution in [2.24, 2.45) is 16.1 Å². The Balaban J connectivity index is 1.39. The minimum atomic E-state index is -1.33. The number of amides is 2. The van der Waals surface area contributed by atoms with E-state index in [1.807, 2.05) is 52.0 Å². The number of guanidine groups is 1. The molecule has 0 bridgehead atoms. The van der Waals surface area contributed by atoms with Crippen molar-refractivity contribution >= 4 is 29.6 Å². The third kappa shape index (κ3) is 6.12. The quantitative estimate of drug-likeness (QED) is 0.242. The van der Waals surface area contributed by atoms with Crippen molar-refractivity contribution in [3.05, 3.63) is 77.9 Å². The van der Waals surface area contributed by atoms with Crippen molar-refractivity contribution in [2.45, 2.75) is 64.1 Å². The van der Waals surface area contributed by atoms with Gasteiger partial charge < -0.3 is 15.8 Å². The van der Waals surface area contributed by atoms with Gasteiger partial charge >= 0.3 is 6.09 Å². The lowest BCUT2D eigenvalue weighted by Crippen LogP contribution is -2.48. The molecule has 4 heterocycles. The second kappa shape index (κ2) is 11.3. The van der Waals surface area contributed by atoms with Gasteiger partial charge in [0.25, 0.3) is 5.91 Å². The lowest BCUT2D eigenvalue weighted by atomic mass is 9.75. The fourth-order valence-corrected chi connectivity index (χ4v) is 5.79. The molecular weight excluding hydrogens is 596 g/mol. The number of rotatable bonds is 9. The Morgan fingerprint density at radius 3 is 2.58 bits per heavy atom. The van der Waals surface area contributed by atoms with E-state index in [-0.39, 0.29) is 29.4 Å². The number of carbonyl (C=O) groups is 2. The number of ether oxygens (including phenoxy) is 1. The van der Waals surface area contributed by atoms with Gasteiger partial charge in [-0.25, -0.2) is 19.5 Å². The van der Waals surface area contributed by atoms with Crippen LogP contribution in [0.1, 0.15) is 64.3 Å². The van der Waals surface area contributed by atoms with E-state index in [0.29, 0.717) is 28.4 Å². The molecule has 2 amide bonds. The number of aromatic amines is 1. The van der Waals surface area contributed by atoms with Crippen LogP contribution >= 0.6 is 11.6 Å². The van der Waals surface area contributed by atoms with Crippen molar-refractivity contribution in [1.29, 1.82) is 0 Å². The van der Waals surface area contributed by atoms with Gasteiger partial charge in [-0.3, -0.25) is 19.8 Å². The molecule has 1 fully saturated rings. The summed E-state index contributed by atoms with van der Waals surface area (Å²) in [5.74, 6) is -0.362. The molecule has 1 aromatic carbocycles. The number of halogens is 1. The lowest BCUT2D eigenvalue weighted by molar-refractivity contribution is -0.135. The molecule has 4 aromatic rings. The molecule has 3 aromatic heterocycles. The van der Waals surface area contributed by atoms with Gasteiger partial charge in [-0.2, -0.15) is 10.2 Å². The van der Waals surface area contributed by atoms with E-state index < -0.39 is 17.7 Å². The Kier molecular flexibility index (Phi) is 7.59. The molecule has 0 spiro atoms. The molecule has 13 nitrogen and oxygen atoms in total. The average molecular weight is 631 g/mol. The number of aromatic nitrogens is 6. The minimum absolute atomic E-state index is 0.00891. The number of carbonyl (C=O) groups excluding carboxylic acids is 2.